The summed E-state index contributed by atoms with van der Waals surface area (Å²) in [5.41, 5.74) is 1.60. The van der Waals surface area contributed by atoms with Crippen molar-refractivity contribution in [2.75, 3.05) is 18.0 Å². The normalized spacial score (nSPS) is 16.3. The maximum Gasteiger partial charge on any atom is 0.270 e. The van der Waals surface area contributed by atoms with E-state index in [2.05, 4.69) is 30.3 Å². The first-order chi connectivity index (χ1) is 12.7. The van der Waals surface area contributed by atoms with Crippen LogP contribution in [0.5, 0.6) is 0 Å². The molecule has 0 saturated heterocycles. The maximum absolute atomic E-state index is 12.2. The number of hydrogen-bond donors (Lipinski definition) is 1. The van der Waals surface area contributed by atoms with Crippen LogP contribution in [0.3, 0.4) is 0 Å². The Bertz CT molecular complexity index is 891. The van der Waals surface area contributed by atoms with Crippen LogP contribution >= 0.6 is 11.3 Å². The van der Waals surface area contributed by atoms with Crippen LogP contribution in [0.25, 0.3) is 0 Å². The molecule has 0 fully saturated rings. The van der Waals surface area contributed by atoms with Gasteiger partial charge in [0.2, 0.25) is 5.95 Å². The highest BCUT2D eigenvalue weighted by Gasteiger charge is 2.26. The quantitative estimate of drug-likeness (QED) is 0.738. The molecule has 3 aromatic rings. The fourth-order valence-electron chi connectivity index (χ4n) is 3.12. The Morgan fingerprint density at radius 1 is 1.35 bits per heavy atom. The minimum absolute atomic E-state index is 0.130. The van der Waals surface area contributed by atoms with E-state index in [4.69, 9.17) is 0 Å². The molecular formula is C17H19N7OS. The van der Waals surface area contributed by atoms with Crippen LogP contribution in [0, 0.1) is 6.92 Å². The van der Waals surface area contributed by atoms with E-state index >= 15 is 0 Å². The molecule has 1 amide bonds. The molecule has 0 bridgehead atoms. The molecule has 4 rings (SSSR count). The molecule has 0 unspecified atom stereocenters. The van der Waals surface area contributed by atoms with E-state index in [1.54, 1.807) is 17.8 Å². The summed E-state index contributed by atoms with van der Waals surface area (Å²) in [5.74, 6) is 0.584. The average molecular weight is 369 g/mol. The predicted octanol–water partition coefficient (Wildman–Crippen LogP) is 1.82. The summed E-state index contributed by atoms with van der Waals surface area (Å²) in [4.78, 5) is 27.2. The van der Waals surface area contributed by atoms with Crippen LogP contribution in [-0.2, 0) is 6.54 Å². The molecular weight excluding hydrogens is 350 g/mol. The van der Waals surface area contributed by atoms with Crippen molar-refractivity contribution >= 4 is 23.2 Å². The number of hydrogen-bond acceptors (Lipinski definition) is 7. The van der Waals surface area contributed by atoms with E-state index < -0.39 is 0 Å². The minimum Gasteiger partial charge on any atom is -0.351 e. The molecule has 1 atom stereocenters. The molecule has 1 N–H and O–H groups in total. The van der Waals surface area contributed by atoms with Gasteiger partial charge in [0.1, 0.15) is 5.69 Å². The second-order valence-corrected chi connectivity index (χ2v) is 7.21. The zero-order valence-corrected chi connectivity index (χ0v) is 15.2. The summed E-state index contributed by atoms with van der Waals surface area (Å²) >= 11 is 1.48. The molecule has 1 aliphatic rings. The van der Waals surface area contributed by atoms with E-state index in [9.17, 15) is 4.79 Å². The SMILES string of the molecule is Cc1nc(C(=O)NCC[C@@H]2CN(c3ncccn3)Cc3ccnn32)cs1. The Morgan fingerprint density at radius 2 is 2.19 bits per heavy atom. The minimum atomic E-state index is -0.130. The number of carbonyl (C=O) groups is 1. The monoisotopic (exact) mass is 369 g/mol. The lowest BCUT2D eigenvalue weighted by Crippen LogP contribution is -2.40. The summed E-state index contributed by atoms with van der Waals surface area (Å²) in [6.45, 7) is 3.93. The average Bonchev–Trinajstić information content (AvgIpc) is 3.31. The van der Waals surface area contributed by atoms with Gasteiger partial charge in [0.25, 0.3) is 5.91 Å². The zero-order valence-electron chi connectivity index (χ0n) is 14.4. The Kier molecular flexibility index (Phi) is 4.61. The van der Waals surface area contributed by atoms with Gasteiger partial charge in [-0.2, -0.15) is 5.10 Å². The van der Waals surface area contributed by atoms with Gasteiger partial charge in [0, 0.05) is 37.1 Å². The van der Waals surface area contributed by atoms with Crippen molar-refractivity contribution in [2.45, 2.75) is 25.9 Å². The number of thiazole rings is 1. The van der Waals surface area contributed by atoms with Gasteiger partial charge in [0.15, 0.2) is 0 Å². The molecule has 134 valence electrons. The Balaban J connectivity index is 1.41. The molecule has 0 saturated carbocycles. The van der Waals surface area contributed by atoms with E-state index in [1.165, 1.54) is 11.3 Å². The first kappa shape index (κ1) is 16.6. The summed E-state index contributed by atoms with van der Waals surface area (Å²) in [6.07, 6.45) is 6.08. The first-order valence-corrected chi connectivity index (χ1v) is 9.33. The Morgan fingerprint density at radius 3 is 2.96 bits per heavy atom. The number of carbonyl (C=O) groups excluding carboxylic acids is 1. The van der Waals surface area contributed by atoms with E-state index in [1.807, 2.05) is 29.9 Å². The predicted molar refractivity (Wildman–Crippen MR) is 98.1 cm³/mol. The smallest absolute Gasteiger partial charge is 0.270 e. The Labute approximate surface area is 154 Å². The van der Waals surface area contributed by atoms with Crippen molar-refractivity contribution in [3.05, 3.63) is 52.5 Å². The number of fused-ring (bicyclic) bond motifs is 1. The molecule has 3 aromatic heterocycles. The van der Waals surface area contributed by atoms with Gasteiger partial charge < -0.3 is 10.2 Å². The number of nitrogens with one attached hydrogen (secondary N) is 1. The van der Waals surface area contributed by atoms with E-state index in [0.29, 0.717) is 18.2 Å². The largest absolute Gasteiger partial charge is 0.351 e. The first-order valence-electron chi connectivity index (χ1n) is 8.45. The summed E-state index contributed by atoms with van der Waals surface area (Å²) in [6, 6.07) is 3.97. The second-order valence-electron chi connectivity index (χ2n) is 6.15. The van der Waals surface area contributed by atoms with Crippen LogP contribution < -0.4 is 10.2 Å². The molecule has 0 aromatic carbocycles. The molecule has 26 heavy (non-hydrogen) atoms. The van der Waals surface area contributed by atoms with Crippen molar-refractivity contribution in [1.82, 2.24) is 30.0 Å². The van der Waals surface area contributed by atoms with Crippen LogP contribution in [0.15, 0.2) is 36.1 Å². The van der Waals surface area contributed by atoms with Crippen LogP contribution in [0.2, 0.25) is 0 Å². The van der Waals surface area contributed by atoms with Gasteiger partial charge in [-0.1, -0.05) is 0 Å². The molecule has 0 aliphatic carbocycles. The standard InChI is InChI=1S/C17H19N7OS/c1-12-22-15(11-26-12)16(25)18-7-3-13-9-23(17-19-5-2-6-20-17)10-14-4-8-21-24(13)14/h2,4-6,8,11,13H,3,7,9-10H2,1H3,(H,18,25)/t13-/m1/s1. The topological polar surface area (TPSA) is 88.8 Å². The molecule has 0 radical (unpaired) electrons. The van der Waals surface area contributed by atoms with Gasteiger partial charge in [-0.3, -0.25) is 9.48 Å². The molecule has 0 spiro atoms. The highest BCUT2D eigenvalue weighted by atomic mass is 32.1. The zero-order chi connectivity index (χ0) is 17.9. The van der Waals surface area contributed by atoms with E-state index in [0.717, 1.165) is 30.2 Å². The van der Waals surface area contributed by atoms with E-state index in [-0.39, 0.29) is 11.9 Å². The summed E-state index contributed by atoms with van der Waals surface area (Å²) in [7, 11) is 0. The van der Waals surface area contributed by atoms with Gasteiger partial charge in [-0.05, 0) is 25.5 Å². The molecule has 4 heterocycles. The molecule has 1 aliphatic heterocycles. The van der Waals surface area contributed by atoms with Crippen molar-refractivity contribution < 1.29 is 4.79 Å². The van der Waals surface area contributed by atoms with Crippen LogP contribution in [0.4, 0.5) is 5.95 Å². The van der Waals surface area contributed by atoms with Crippen LogP contribution in [0.1, 0.15) is 33.7 Å². The third kappa shape index (κ3) is 3.43. The Hall–Kier alpha value is -2.81. The van der Waals surface area contributed by atoms with Crippen molar-refractivity contribution in [2.24, 2.45) is 0 Å². The number of anilines is 1. The third-order valence-electron chi connectivity index (χ3n) is 4.33. The lowest BCUT2D eigenvalue weighted by atomic mass is 10.1. The van der Waals surface area contributed by atoms with Gasteiger partial charge in [-0.15, -0.1) is 11.3 Å². The fraction of sp³-hybridized carbons (Fsp3) is 0.353. The van der Waals surface area contributed by atoms with Gasteiger partial charge >= 0.3 is 0 Å². The third-order valence-corrected chi connectivity index (χ3v) is 5.11. The number of rotatable bonds is 5. The highest BCUT2D eigenvalue weighted by molar-refractivity contribution is 7.09. The maximum atomic E-state index is 12.2. The van der Waals surface area contributed by atoms with Crippen molar-refractivity contribution in [1.29, 1.82) is 0 Å². The van der Waals surface area contributed by atoms with Gasteiger partial charge in [0.05, 0.1) is 23.3 Å². The number of amides is 1. The molecule has 8 nitrogen and oxygen atoms in total. The number of aryl methyl sites for hydroxylation is 1. The number of aromatic nitrogens is 5. The summed E-state index contributed by atoms with van der Waals surface area (Å²) < 4.78 is 2.04. The van der Waals surface area contributed by atoms with Crippen molar-refractivity contribution in [3.8, 4) is 0 Å². The fourth-order valence-corrected chi connectivity index (χ4v) is 3.71. The lowest BCUT2D eigenvalue weighted by Gasteiger charge is -2.33. The van der Waals surface area contributed by atoms with Crippen LogP contribution in [-0.4, -0.2) is 43.7 Å². The second kappa shape index (κ2) is 7.20. The summed E-state index contributed by atoms with van der Waals surface area (Å²) in [5, 5.41) is 10.1. The van der Waals surface area contributed by atoms with Gasteiger partial charge in [-0.25, -0.2) is 15.0 Å². The highest BCUT2D eigenvalue weighted by Crippen LogP contribution is 2.25. The number of nitrogens with zero attached hydrogens (tertiary/aromatic N) is 6. The lowest BCUT2D eigenvalue weighted by molar-refractivity contribution is 0.0946. The van der Waals surface area contributed by atoms with Crippen molar-refractivity contribution in [3.63, 3.8) is 0 Å². The molecule has 9 heteroatoms.